The summed E-state index contributed by atoms with van der Waals surface area (Å²) in [5, 5.41) is 7.46. The molecule has 1 aromatic heterocycles. The lowest BCUT2D eigenvalue weighted by Crippen LogP contribution is -2.29. The zero-order valence-electron chi connectivity index (χ0n) is 11.2. The normalized spacial score (nSPS) is 18.9. The van der Waals surface area contributed by atoms with Gasteiger partial charge in [-0.05, 0) is 12.8 Å². The van der Waals surface area contributed by atoms with Gasteiger partial charge in [0.15, 0.2) is 15.5 Å². The summed E-state index contributed by atoms with van der Waals surface area (Å²) in [5.41, 5.74) is 0.149. The number of carbonyl (C=O) groups is 1. The molecule has 0 spiro atoms. The number of carbonyl (C=O) groups excluding carboxylic acids is 1. The second kappa shape index (κ2) is 6.31. The smallest absolute Gasteiger partial charge is 0.360 e. The summed E-state index contributed by atoms with van der Waals surface area (Å²) >= 11 is 0. The molecule has 8 nitrogen and oxygen atoms in total. The molecule has 2 rings (SSSR count). The van der Waals surface area contributed by atoms with Crippen LogP contribution in [-0.2, 0) is 25.9 Å². The third-order valence-corrected chi connectivity index (χ3v) is 4.82. The predicted octanol–water partition coefficient (Wildman–Crippen LogP) is -0.341. The Labute approximate surface area is 117 Å². The molecule has 1 saturated heterocycles. The van der Waals surface area contributed by atoms with Gasteiger partial charge in [-0.2, -0.15) is 0 Å². The highest BCUT2D eigenvalue weighted by molar-refractivity contribution is 7.91. The predicted molar refractivity (Wildman–Crippen MR) is 69.0 cm³/mol. The summed E-state index contributed by atoms with van der Waals surface area (Å²) < 4.78 is 34.2. The van der Waals surface area contributed by atoms with Crippen molar-refractivity contribution in [3.05, 3.63) is 11.9 Å². The Morgan fingerprint density at radius 1 is 1.45 bits per heavy atom. The minimum Gasteiger partial charge on any atom is -0.464 e. The van der Waals surface area contributed by atoms with Crippen LogP contribution in [0, 0.1) is 0 Å². The van der Waals surface area contributed by atoms with Crippen LogP contribution in [0.1, 0.15) is 23.3 Å². The van der Waals surface area contributed by atoms with Crippen LogP contribution in [0.2, 0.25) is 0 Å². The minimum atomic E-state index is -2.86. The largest absolute Gasteiger partial charge is 0.464 e. The number of esters is 1. The molecule has 0 radical (unpaired) electrons. The van der Waals surface area contributed by atoms with Gasteiger partial charge >= 0.3 is 5.97 Å². The van der Waals surface area contributed by atoms with E-state index in [1.807, 2.05) is 0 Å². The van der Waals surface area contributed by atoms with E-state index in [1.165, 1.54) is 18.0 Å². The van der Waals surface area contributed by atoms with Crippen LogP contribution in [0.15, 0.2) is 6.20 Å². The molecule has 1 aliphatic heterocycles. The van der Waals surface area contributed by atoms with Crippen molar-refractivity contribution < 1.29 is 22.7 Å². The van der Waals surface area contributed by atoms with Crippen molar-refractivity contribution in [3.63, 3.8) is 0 Å². The number of methoxy groups -OCH3 is 1. The molecule has 1 aromatic rings. The fourth-order valence-electron chi connectivity index (χ4n) is 1.95. The lowest BCUT2D eigenvalue weighted by Gasteiger charge is -2.22. The van der Waals surface area contributed by atoms with Crippen LogP contribution in [0.4, 0.5) is 0 Å². The van der Waals surface area contributed by atoms with E-state index >= 15 is 0 Å². The van der Waals surface area contributed by atoms with Gasteiger partial charge in [-0.3, -0.25) is 0 Å². The number of rotatable bonds is 5. The molecular weight excluding hydrogens is 286 g/mol. The summed E-state index contributed by atoms with van der Waals surface area (Å²) in [6, 6.07) is 0. The number of ether oxygens (including phenoxy) is 2. The number of aromatic nitrogens is 3. The van der Waals surface area contributed by atoms with Crippen LogP contribution in [0.25, 0.3) is 0 Å². The first-order valence-electron chi connectivity index (χ1n) is 6.30. The third kappa shape index (κ3) is 4.01. The van der Waals surface area contributed by atoms with Crippen LogP contribution >= 0.6 is 0 Å². The molecule has 0 unspecified atom stereocenters. The maximum Gasteiger partial charge on any atom is 0.360 e. The van der Waals surface area contributed by atoms with Crippen LogP contribution < -0.4 is 0 Å². The molecule has 20 heavy (non-hydrogen) atoms. The summed E-state index contributed by atoms with van der Waals surface area (Å²) in [6.07, 6.45) is 2.53. The van der Waals surface area contributed by atoms with Crippen LogP contribution in [-0.4, -0.2) is 60.7 Å². The average Bonchev–Trinajstić information content (AvgIpc) is 2.88. The fraction of sp³-hybridized carbons (Fsp3) is 0.727. The Morgan fingerprint density at radius 2 is 2.15 bits per heavy atom. The third-order valence-electron chi connectivity index (χ3n) is 3.11. The Balaban J connectivity index is 1.74. The molecule has 0 atom stereocenters. The molecule has 1 fully saturated rings. The van der Waals surface area contributed by atoms with Crippen LogP contribution in [0.3, 0.4) is 0 Å². The maximum atomic E-state index is 11.3. The molecule has 2 heterocycles. The molecule has 0 bridgehead atoms. The second-order valence-electron chi connectivity index (χ2n) is 4.58. The quantitative estimate of drug-likeness (QED) is 0.686. The number of hydrogen-bond acceptors (Lipinski definition) is 7. The molecule has 0 amide bonds. The van der Waals surface area contributed by atoms with Crippen molar-refractivity contribution in [1.82, 2.24) is 15.0 Å². The Bertz CT molecular complexity index is 554. The molecule has 0 aromatic carbocycles. The van der Waals surface area contributed by atoms with E-state index in [1.54, 1.807) is 0 Å². The topological polar surface area (TPSA) is 100 Å². The van der Waals surface area contributed by atoms with Gasteiger partial charge in [0.05, 0.1) is 44.1 Å². The van der Waals surface area contributed by atoms with Gasteiger partial charge in [0.1, 0.15) is 0 Å². The van der Waals surface area contributed by atoms with Crippen molar-refractivity contribution >= 4 is 15.8 Å². The van der Waals surface area contributed by atoms with E-state index in [-0.39, 0.29) is 23.3 Å². The summed E-state index contributed by atoms with van der Waals surface area (Å²) in [7, 11) is -1.58. The highest BCUT2D eigenvalue weighted by Gasteiger charge is 2.23. The Morgan fingerprint density at radius 3 is 2.80 bits per heavy atom. The summed E-state index contributed by atoms with van der Waals surface area (Å²) in [4.78, 5) is 11.2. The van der Waals surface area contributed by atoms with Crippen molar-refractivity contribution in [2.75, 3.05) is 25.2 Å². The number of sulfone groups is 1. The zero-order chi connectivity index (χ0) is 14.6. The first kappa shape index (κ1) is 14.9. The maximum absolute atomic E-state index is 11.3. The van der Waals surface area contributed by atoms with E-state index in [0.717, 1.165) is 0 Å². The lowest BCUT2D eigenvalue weighted by atomic mass is 10.2. The molecule has 0 saturated carbocycles. The molecule has 0 aliphatic carbocycles. The summed E-state index contributed by atoms with van der Waals surface area (Å²) in [5.74, 6) is -0.157. The van der Waals surface area contributed by atoms with E-state index in [0.29, 0.717) is 26.0 Å². The van der Waals surface area contributed by atoms with Gasteiger partial charge < -0.3 is 9.47 Å². The lowest BCUT2D eigenvalue weighted by molar-refractivity contribution is 0.0402. The number of nitrogens with zero attached hydrogens (tertiary/aromatic N) is 3. The van der Waals surface area contributed by atoms with E-state index in [9.17, 15) is 13.2 Å². The zero-order valence-corrected chi connectivity index (χ0v) is 12.0. The van der Waals surface area contributed by atoms with Gasteiger partial charge in [-0.1, -0.05) is 5.21 Å². The first-order chi connectivity index (χ1) is 9.50. The van der Waals surface area contributed by atoms with Crippen molar-refractivity contribution in [3.8, 4) is 0 Å². The summed E-state index contributed by atoms with van der Waals surface area (Å²) in [6.45, 7) is 0.849. The van der Waals surface area contributed by atoms with Crippen molar-refractivity contribution in [1.29, 1.82) is 0 Å². The van der Waals surface area contributed by atoms with Crippen LogP contribution in [0.5, 0.6) is 0 Å². The molecular formula is C11H17N3O5S. The molecule has 0 N–H and O–H groups in total. The first-order valence-corrected chi connectivity index (χ1v) is 8.13. The van der Waals surface area contributed by atoms with E-state index in [4.69, 9.17) is 4.74 Å². The van der Waals surface area contributed by atoms with Gasteiger partial charge in [0, 0.05) is 0 Å². The van der Waals surface area contributed by atoms with E-state index in [2.05, 4.69) is 15.0 Å². The Kier molecular flexibility index (Phi) is 4.71. The minimum absolute atomic E-state index is 0.0258. The fourth-order valence-corrected chi connectivity index (χ4v) is 3.40. The second-order valence-corrected chi connectivity index (χ2v) is 6.88. The van der Waals surface area contributed by atoms with Crippen molar-refractivity contribution in [2.24, 2.45) is 0 Å². The monoisotopic (exact) mass is 303 g/mol. The Hall–Kier alpha value is -1.48. The van der Waals surface area contributed by atoms with Crippen molar-refractivity contribution in [2.45, 2.75) is 25.5 Å². The van der Waals surface area contributed by atoms with Gasteiger partial charge in [-0.25, -0.2) is 17.9 Å². The SMILES string of the molecule is COC(=O)c1cn(CCOC2CCS(=O)(=O)CC2)nn1. The van der Waals surface area contributed by atoms with E-state index < -0.39 is 15.8 Å². The standard InChI is InChI=1S/C11H17N3O5S/c1-18-11(15)10-8-14(13-12-10)4-5-19-9-2-6-20(16,17)7-3-9/h8-9H,2-7H2,1H3. The molecule has 1 aliphatic rings. The number of hydrogen-bond donors (Lipinski definition) is 0. The average molecular weight is 303 g/mol. The highest BCUT2D eigenvalue weighted by Crippen LogP contribution is 2.15. The van der Waals surface area contributed by atoms with Gasteiger partial charge in [-0.15, -0.1) is 5.10 Å². The van der Waals surface area contributed by atoms with Gasteiger partial charge in [0.25, 0.3) is 0 Å². The molecule has 112 valence electrons. The molecule has 9 heteroatoms. The highest BCUT2D eigenvalue weighted by atomic mass is 32.2. The van der Waals surface area contributed by atoms with Gasteiger partial charge in [0.2, 0.25) is 0 Å².